The molecular formula is C25H30N6O4Si. The zero-order valence-electron chi connectivity index (χ0n) is 20.9. The van der Waals surface area contributed by atoms with E-state index in [0.29, 0.717) is 46.0 Å². The molecule has 0 saturated heterocycles. The summed E-state index contributed by atoms with van der Waals surface area (Å²) in [6.45, 7) is 7.56. The average Bonchev–Trinajstić information content (AvgIpc) is 3.61. The van der Waals surface area contributed by atoms with Gasteiger partial charge in [-0.1, -0.05) is 19.6 Å². The summed E-state index contributed by atoms with van der Waals surface area (Å²) in [4.78, 5) is 34.6. The number of hydrogen-bond acceptors (Lipinski definition) is 7. The number of anilines is 1. The number of amides is 1. The second-order valence-corrected chi connectivity index (χ2v) is 16.0. The Hall–Kier alpha value is -3.57. The molecule has 0 spiro atoms. The van der Waals surface area contributed by atoms with Crippen molar-refractivity contribution >= 4 is 36.2 Å². The molecule has 4 heterocycles. The highest BCUT2D eigenvalue weighted by Crippen LogP contribution is 2.31. The van der Waals surface area contributed by atoms with Gasteiger partial charge in [0.2, 0.25) is 5.91 Å². The highest BCUT2D eigenvalue weighted by atomic mass is 28.3. The number of fused-ring (bicyclic) bond motifs is 2. The van der Waals surface area contributed by atoms with Gasteiger partial charge in [-0.3, -0.25) is 14.2 Å². The normalized spacial score (nSPS) is 13.9. The molecule has 0 atom stereocenters. The van der Waals surface area contributed by atoms with Crippen LogP contribution in [0, 0.1) is 5.92 Å². The van der Waals surface area contributed by atoms with Crippen molar-refractivity contribution in [3.8, 4) is 17.1 Å². The molecule has 4 aromatic heterocycles. The van der Waals surface area contributed by atoms with E-state index in [1.807, 2.05) is 12.1 Å². The first kappa shape index (κ1) is 24.1. The second-order valence-electron chi connectivity index (χ2n) is 10.4. The van der Waals surface area contributed by atoms with Crippen molar-refractivity contribution in [2.75, 3.05) is 19.0 Å². The van der Waals surface area contributed by atoms with E-state index in [2.05, 4.69) is 40.0 Å². The topological polar surface area (TPSA) is 113 Å². The quantitative estimate of drug-likeness (QED) is 0.272. The van der Waals surface area contributed by atoms with Gasteiger partial charge in [-0.05, 0) is 37.1 Å². The summed E-state index contributed by atoms with van der Waals surface area (Å²) in [6.07, 6.45) is 6.74. The first-order valence-electron chi connectivity index (χ1n) is 12.0. The minimum Gasteiger partial charge on any atom is -0.495 e. The third-order valence-corrected chi connectivity index (χ3v) is 7.88. The summed E-state index contributed by atoms with van der Waals surface area (Å²) >= 11 is 0. The largest absolute Gasteiger partial charge is 0.495 e. The van der Waals surface area contributed by atoms with Gasteiger partial charge in [0.1, 0.15) is 18.3 Å². The lowest BCUT2D eigenvalue weighted by Gasteiger charge is -2.16. The number of ether oxygens (including phenoxy) is 2. The molecule has 0 aliphatic heterocycles. The van der Waals surface area contributed by atoms with Gasteiger partial charge in [-0.25, -0.2) is 14.5 Å². The van der Waals surface area contributed by atoms with Gasteiger partial charge in [0, 0.05) is 43.9 Å². The van der Waals surface area contributed by atoms with Gasteiger partial charge in [0.15, 0.2) is 11.5 Å². The van der Waals surface area contributed by atoms with E-state index in [9.17, 15) is 9.59 Å². The number of pyridine rings is 3. The molecule has 0 radical (unpaired) electrons. The van der Waals surface area contributed by atoms with Crippen molar-refractivity contribution in [3.63, 3.8) is 0 Å². The van der Waals surface area contributed by atoms with Gasteiger partial charge < -0.3 is 14.8 Å². The third-order valence-electron chi connectivity index (χ3n) is 6.18. The second kappa shape index (κ2) is 9.47. The molecule has 1 saturated carbocycles. The van der Waals surface area contributed by atoms with Crippen LogP contribution >= 0.6 is 0 Å². The standard InChI is InChI=1S/C25H30N6O4Si/c1-34-17-7-8-22-28-23(29-31(22)13-17)20-14-30(15-35-9-10-36(2,3)4)25(33)19-12-26-21(11-18(19)20)27-24(32)16-5-6-16/h7-8,11-14,16H,5-6,9-10,15H2,1-4H3,(H,26,27,32). The molecular weight excluding hydrogens is 476 g/mol. The Kier molecular flexibility index (Phi) is 6.35. The number of carbonyl (C=O) groups is 1. The summed E-state index contributed by atoms with van der Waals surface area (Å²) in [5.41, 5.74) is 1.06. The molecule has 36 heavy (non-hydrogen) atoms. The first-order chi connectivity index (χ1) is 17.2. The Morgan fingerprint density at radius 1 is 1.19 bits per heavy atom. The maximum atomic E-state index is 13.3. The highest BCUT2D eigenvalue weighted by molar-refractivity contribution is 6.76. The fourth-order valence-corrected chi connectivity index (χ4v) is 4.60. The predicted octanol–water partition coefficient (Wildman–Crippen LogP) is 3.78. The fraction of sp³-hybridized carbons (Fsp3) is 0.400. The smallest absolute Gasteiger partial charge is 0.261 e. The van der Waals surface area contributed by atoms with E-state index in [4.69, 9.17) is 9.47 Å². The number of nitrogens with zero attached hydrogens (tertiary/aromatic N) is 5. The molecule has 4 aromatic rings. The Labute approximate surface area is 209 Å². The van der Waals surface area contributed by atoms with Crippen LogP contribution in [-0.4, -0.2) is 51.8 Å². The summed E-state index contributed by atoms with van der Waals surface area (Å²) in [6, 6.07) is 6.35. The maximum absolute atomic E-state index is 13.3. The molecule has 10 nitrogen and oxygen atoms in total. The van der Waals surface area contributed by atoms with E-state index in [1.165, 1.54) is 10.8 Å². The van der Waals surface area contributed by atoms with Crippen LogP contribution in [0.2, 0.25) is 25.7 Å². The molecule has 5 rings (SSSR count). The van der Waals surface area contributed by atoms with Crippen LogP contribution in [0.5, 0.6) is 5.75 Å². The van der Waals surface area contributed by atoms with Crippen molar-refractivity contribution in [1.29, 1.82) is 0 Å². The Bertz CT molecular complexity index is 1500. The molecule has 1 aliphatic rings. The SMILES string of the molecule is COc1ccc2nc(-c3cn(COCC[Si](C)(C)C)c(=O)c4cnc(NC(=O)C5CC5)cc34)nn2c1. The van der Waals surface area contributed by atoms with E-state index in [1.54, 1.807) is 30.1 Å². The predicted molar refractivity (Wildman–Crippen MR) is 140 cm³/mol. The summed E-state index contributed by atoms with van der Waals surface area (Å²) < 4.78 is 14.3. The molecule has 1 N–H and O–H groups in total. The van der Waals surface area contributed by atoms with Gasteiger partial charge in [-0.15, -0.1) is 5.10 Å². The molecule has 0 aromatic carbocycles. The Balaban J connectivity index is 1.57. The number of hydrogen-bond donors (Lipinski definition) is 1. The van der Waals surface area contributed by atoms with Crippen molar-refractivity contribution in [2.24, 2.45) is 5.92 Å². The van der Waals surface area contributed by atoms with Crippen LogP contribution in [0.15, 0.2) is 41.6 Å². The van der Waals surface area contributed by atoms with Crippen molar-refractivity contribution in [1.82, 2.24) is 24.1 Å². The van der Waals surface area contributed by atoms with Gasteiger partial charge in [0.25, 0.3) is 5.56 Å². The Morgan fingerprint density at radius 3 is 2.72 bits per heavy atom. The lowest BCUT2D eigenvalue weighted by molar-refractivity contribution is -0.117. The average molecular weight is 507 g/mol. The number of nitrogens with one attached hydrogen (secondary N) is 1. The van der Waals surface area contributed by atoms with E-state index >= 15 is 0 Å². The molecule has 1 fully saturated rings. The zero-order chi connectivity index (χ0) is 25.4. The third kappa shape index (κ3) is 5.16. The van der Waals surface area contributed by atoms with Crippen molar-refractivity contribution < 1.29 is 14.3 Å². The minimum absolute atomic E-state index is 0.0402. The molecule has 11 heteroatoms. The molecule has 188 valence electrons. The van der Waals surface area contributed by atoms with Crippen LogP contribution in [0.25, 0.3) is 27.8 Å². The van der Waals surface area contributed by atoms with E-state index in [-0.39, 0.29) is 24.1 Å². The van der Waals surface area contributed by atoms with Crippen LogP contribution < -0.4 is 15.6 Å². The van der Waals surface area contributed by atoms with Gasteiger partial charge >= 0.3 is 0 Å². The van der Waals surface area contributed by atoms with Gasteiger partial charge in [-0.2, -0.15) is 0 Å². The maximum Gasteiger partial charge on any atom is 0.261 e. The number of methoxy groups -OCH3 is 1. The molecule has 1 aliphatic carbocycles. The number of rotatable bonds is 9. The van der Waals surface area contributed by atoms with Crippen LogP contribution in [0.4, 0.5) is 5.82 Å². The highest BCUT2D eigenvalue weighted by Gasteiger charge is 2.30. The van der Waals surface area contributed by atoms with Crippen LogP contribution in [-0.2, 0) is 16.3 Å². The van der Waals surface area contributed by atoms with Gasteiger partial charge in [0.05, 0.1) is 18.7 Å². The molecule has 1 amide bonds. The summed E-state index contributed by atoms with van der Waals surface area (Å²) in [5.74, 6) is 1.48. The van der Waals surface area contributed by atoms with E-state index in [0.717, 1.165) is 18.9 Å². The van der Waals surface area contributed by atoms with E-state index < -0.39 is 8.07 Å². The zero-order valence-corrected chi connectivity index (χ0v) is 21.9. The minimum atomic E-state index is -1.26. The summed E-state index contributed by atoms with van der Waals surface area (Å²) in [5, 5.41) is 8.52. The van der Waals surface area contributed by atoms with Crippen LogP contribution in [0.1, 0.15) is 12.8 Å². The summed E-state index contributed by atoms with van der Waals surface area (Å²) in [7, 11) is 0.336. The van der Waals surface area contributed by atoms with Crippen molar-refractivity contribution in [3.05, 3.63) is 47.1 Å². The fourth-order valence-electron chi connectivity index (χ4n) is 3.84. The Morgan fingerprint density at radius 2 is 2.00 bits per heavy atom. The molecule has 0 bridgehead atoms. The lowest BCUT2D eigenvalue weighted by atomic mass is 10.1. The number of carbonyl (C=O) groups excluding carboxylic acids is 1. The van der Waals surface area contributed by atoms with Crippen molar-refractivity contribution in [2.45, 2.75) is 45.3 Å². The number of aromatic nitrogens is 5. The first-order valence-corrected chi connectivity index (χ1v) is 15.8. The molecule has 0 unspecified atom stereocenters. The monoisotopic (exact) mass is 506 g/mol. The lowest BCUT2D eigenvalue weighted by Crippen LogP contribution is -2.25. The van der Waals surface area contributed by atoms with Crippen LogP contribution in [0.3, 0.4) is 0 Å².